The molecule has 8 aliphatic rings. The molecule has 0 amide bonds. The van der Waals surface area contributed by atoms with Gasteiger partial charge in [0.15, 0.2) is 0 Å². The van der Waals surface area contributed by atoms with E-state index in [1.54, 1.807) is 6.07 Å². The van der Waals surface area contributed by atoms with Crippen LogP contribution in [0.25, 0.3) is 0 Å². The van der Waals surface area contributed by atoms with Gasteiger partial charge in [0.1, 0.15) is 0 Å². The normalized spacial score (nSPS) is 50.0. The number of carboxylic acids is 2. The molecule has 8 bridgehead atoms. The molecule has 36 heavy (non-hydrogen) atoms. The number of hydrogen-bond donors (Lipinski definition) is 2. The van der Waals surface area contributed by atoms with Crippen LogP contribution in [0.15, 0.2) is 12.1 Å². The standard InChI is InChI=1S/C32H42O4/c1-27-7-19-8-28(2,13-27)16-31(11-19,15-27)22-6-5-21(25(33)34)23(26(35)36)24(22)32-12-20-9-29(3,17-32)14-30(4,10-20)18-32/h5-6,19-20H,7-18H2,1-4H3,(H,33,34)(H,35,36). The maximum Gasteiger partial charge on any atom is 0.336 e. The van der Waals surface area contributed by atoms with Crippen molar-refractivity contribution in [2.24, 2.45) is 33.5 Å². The fourth-order valence-electron chi connectivity index (χ4n) is 13.5. The third-order valence-electron chi connectivity index (χ3n) is 12.0. The molecule has 0 heterocycles. The predicted octanol–water partition coefficient (Wildman–Crippen LogP) is 7.58. The molecule has 8 fully saturated rings. The molecular weight excluding hydrogens is 448 g/mol. The molecule has 8 aliphatic carbocycles. The average Bonchev–Trinajstić information content (AvgIpc) is 2.67. The van der Waals surface area contributed by atoms with Crippen LogP contribution in [0.5, 0.6) is 0 Å². The summed E-state index contributed by atoms with van der Waals surface area (Å²) in [6.45, 7) is 9.80. The van der Waals surface area contributed by atoms with Gasteiger partial charge in [-0.3, -0.25) is 0 Å². The van der Waals surface area contributed by atoms with Crippen LogP contribution >= 0.6 is 0 Å². The Kier molecular flexibility index (Phi) is 4.26. The number of rotatable bonds is 4. The summed E-state index contributed by atoms with van der Waals surface area (Å²) in [5, 5.41) is 20.8. The minimum atomic E-state index is -1.10. The van der Waals surface area contributed by atoms with Crippen molar-refractivity contribution >= 4 is 11.9 Å². The van der Waals surface area contributed by atoms with Gasteiger partial charge in [0.05, 0.1) is 11.1 Å². The van der Waals surface area contributed by atoms with Crippen molar-refractivity contribution < 1.29 is 19.8 Å². The van der Waals surface area contributed by atoms with Gasteiger partial charge in [-0.15, -0.1) is 0 Å². The van der Waals surface area contributed by atoms with E-state index in [1.165, 1.54) is 44.1 Å². The second-order valence-electron chi connectivity index (χ2n) is 16.3. The zero-order chi connectivity index (χ0) is 25.5. The Morgan fingerprint density at radius 1 is 0.639 bits per heavy atom. The molecule has 0 spiro atoms. The molecule has 1 aromatic rings. The van der Waals surface area contributed by atoms with Crippen molar-refractivity contribution in [1.29, 1.82) is 0 Å². The summed E-state index contributed by atoms with van der Waals surface area (Å²) in [7, 11) is 0. The highest BCUT2D eigenvalue weighted by molar-refractivity contribution is 6.03. The van der Waals surface area contributed by atoms with Crippen LogP contribution in [0.4, 0.5) is 0 Å². The number of hydrogen-bond acceptors (Lipinski definition) is 2. The molecule has 2 N–H and O–H groups in total. The lowest BCUT2D eigenvalue weighted by molar-refractivity contribution is -0.119. The third-order valence-corrected chi connectivity index (χ3v) is 12.0. The van der Waals surface area contributed by atoms with Crippen molar-refractivity contribution in [2.75, 3.05) is 0 Å². The van der Waals surface area contributed by atoms with Gasteiger partial charge in [0.2, 0.25) is 0 Å². The van der Waals surface area contributed by atoms with E-state index in [2.05, 4.69) is 33.8 Å². The maximum atomic E-state index is 13.0. The summed E-state index contributed by atoms with van der Waals surface area (Å²) in [5.41, 5.74) is 3.13. The van der Waals surface area contributed by atoms with E-state index in [9.17, 15) is 19.8 Å². The fourth-order valence-corrected chi connectivity index (χ4v) is 13.5. The molecule has 0 aromatic heterocycles. The van der Waals surface area contributed by atoms with Gasteiger partial charge < -0.3 is 10.2 Å². The topological polar surface area (TPSA) is 74.6 Å². The number of benzene rings is 1. The Balaban J connectivity index is 1.51. The highest BCUT2D eigenvalue weighted by Crippen LogP contribution is 2.74. The first-order valence-electron chi connectivity index (χ1n) is 14.3. The first kappa shape index (κ1) is 23.3. The van der Waals surface area contributed by atoms with Gasteiger partial charge in [-0.05, 0) is 139 Å². The minimum Gasteiger partial charge on any atom is -0.478 e. The van der Waals surface area contributed by atoms with Crippen LogP contribution in [0.3, 0.4) is 0 Å². The van der Waals surface area contributed by atoms with Crippen molar-refractivity contribution in [3.8, 4) is 0 Å². The predicted molar refractivity (Wildman–Crippen MR) is 139 cm³/mol. The first-order chi connectivity index (χ1) is 16.7. The lowest BCUT2D eigenvalue weighted by Gasteiger charge is -2.68. The van der Waals surface area contributed by atoms with Gasteiger partial charge >= 0.3 is 11.9 Å². The maximum absolute atomic E-state index is 13.0. The summed E-state index contributed by atoms with van der Waals surface area (Å²) in [6, 6.07) is 3.76. The van der Waals surface area contributed by atoms with E-state index in [4.69, 9.17) is 0 Å². The summed E-state index contributed by atoms with van der Waals surface area (Å²) >= 11 is 0. The van der Waals surface area contributed by atoms with Crippen molar-refractivity contribution in [2.45, 2.75) is 116 Å². The van der Waals surface area contributed by atoms with E-state index in [0.717, 1.165) is 44.1 Å². The van der Waals surface area contributed by atoms with Crippen LogP contribution in [0.1, 0.15) is 137 Å². The van der Waals surface area contributed by atoms with E-state index in [-0.39, 0.29) is 32.8 Å². The van der Waals surface area contributed by atoms with E-state index in [0.29, 0.717) is 22.7 Å². The SMILES string of the molecule is CC12CC3CC(C)(C1)CC(c1ccc(C(=O)O)c(C(=O)O)c1C14CC5CC(C)(CC(C)(C5)C1)C4)(C3)C2. The average molecular weight is 491 g/mol. The van der Waals surface area contributed by atoms with Gasteiger partial charge in [0, 0.05) is 0 Å². The third kappa shape index (κ3) is 3.05. The highest BCUT2D eigenvalue weighted by Gasteiger charge is 2.65. The van der Waals surface area contributed by atoms with Crippen LogP contribution in [0.2, 0.25) is 0 Å². The first-order valence-corrected chi connectivity index (χ1v) is 14.3. The molecule has 9 rings (SSSR count). The van der Waals surface area contributed by atoms with E-state index < -0.39 is 11.9 Å². The van der Waals surface area contributed by atoms with E-state index >= 15 is 0 Å². The quantitative estimate of drug-likeness (QED) is 0.456. The van der Waals surface area contributed by atoms with Gasteiger partial charge in [-0.25, -0.2) is 9.59 Å². The summed E-state index contributed by atoms with van der Waals surface area (Å²) in [6.07, 6.45) is 14.0. The molecule has 194 valence electrons. The Bertz CT molecular complexity index is 1170. The molecule has 4 atom stereocenters. The zero-order valence-corrected chi connectivity index (χ0v) is 22.5. The Labute approximate surface area is 215 Å². The summed E-state index contributed by atoms with van der Waals surface area (Å²) in [5.74, 6) is -0.835. The molecule has 0 radical (unpaired) electrons. The number of aromatic carboxylic acids is 2. The van der Waals surface area contributed by atoms with Crippen molar-refractivity contribution in [3.63, 3.8) is 0 Å². The lowest BCUT2D eigenvalue weighted by atomic mass is 9.36. The fraction of sp³-hybridized carbons (Fsp3) is 0.750. The molecule has 4 nitrogen and oxygen atoms in total. The van der Waals surface area contributed by atoms with Gasteiger partial charge in [-0.1, -0.05) is 33.8 Å². The van der Waals surface area contributed by atoms with Crippen molar-refractivity contribution in [1.82, 2.24) is 0 Å². The molecule has 1 aromatic carbocycles. The Morgan fingerprint density at radius 2 is 1.08 bits per heavy atom. The van der Waals surface area contributed by atoms with Gasteiger partial charge in [-0.2, -0.15) is 0 Å². The molecule has 4 heteroatoms. The molecule has 0 aliphatic heterocycles. The molecule has 8 saturated carbocycles. The highest BCUT2D eigenvalue weighted by atomic mass is 16.4. The Morgan fingerprint density at radius 3 is 1.50 bits per heavy atom. The lowest BCUT2D eigenvalue weighted by Crippen LogP contribution is -2.60. The van der Waals surface area contributed by atoms with Gasteiger partial charge in [0.25, 0.3) is 0 Å². The summed E-state index contributed by atoms with van der Waals surface area (Å²) < 4.78 is 0. The van der Waals surface area contributed by atoms with E-state index in [1.807, 2.05) is 0 Å². The zero-order valence-electron chi connectivity index (χ0n) is 22.5. The van der Waals surface area contributed by atoms with Crippen LogP contribution in [-0.2, 0) is 10.8 Å². The molecular formula is C32H42O4. The Hall–Kier alpha value is -1.84. The van der Waals surface area contributed by atoms with Crippen molar-refractivity contribution in [3.05, 3.63) is 34.4 Å². The summed E-state index contributed by atoms with van der Waals surface area (Å²) in [4.78, 5) is 25.5. The largest absolute Gasteiger partial charge is 0.478 e. The monoisotopic (exact) mass is 490 g/mol. The second-order valence-corrected chi connectivity index (χ2v) is 16.3. The molecule has 4 unspecified atom stereocenters. The minimum absolute atomic E-state index is 0.00514. The number of carbonyl (C=O) groups is 2. The smallest absolute Gasteiger partial charge is 0.336 e. The second kappa shape index (κ2) is 6.59. The van der Waals surface area contributed by atoms with Crippen LogP contribution in [-0.4, -0.2) is 22.2 Å². The van der Waals surface area contributed by atoms with Crippen LogP contribution < -0.4 is 0 Å². The number of carboxylic acid groups (broad SMARTS) is 2. The van der Waals surface area contributed by atoms with Crippen LogP contribution in [0, 0.1) is 33.5 Å². The molecule has 0 saturated heterocycles.